The highest BCUT2D eigenvalue weighted by molar-refractivity contribution is 6.05. The van der Waals surface area contributed by atoms with E-state index in [0.717, 1.165) is 17.7 Å². The highest BCUT2D eigenvalue weighted by Gasteiger charge is 2.31. The van der Waals surface area contributed by atoms with Crippen molar-refractivity contribution in [2.24, 2.45) is 0 Å². The lowest BCUT2D eigenvalue weighted by Crippen LogP contribution is -2.43. The largest absolute Gasteiger partial charge is 0.476 e. The summed E-state index contributed by atoms with van der Waals surface area (Å²) < 4.78 is 15.8. The van der Waals surface area contributed by atoms with Crippen LogP contribution in [0.3, 0.4) is 0 Å². The van der Waals surface area contributed by atoms with Gasteiger partial charge in [-0.05, 0) is 23.7 Å². The number of carbonyl (C=O) groups excluding carboxylic acids is 1. The van der Waals surface area contributed by atoms with E-state index in [4.69, 9.17) is 14.0 Å². The van der Waals surface area contributed by atoms with Crippen molar-refractivity contribution in [3.8, 4) is 5.88 Å². The molecule has 6 heteroatoms. The molecule has 1 aliphatic heterocycles. The Morgan fingerprint density at radius 2 is 2.27 bits per heavy atom. The van der Waals surface area contributed by atoms with Crippen LogP contribution in [0.2, 0.25) is 0 Å². The topological polar surface area (TPSA) is 64.8 Å². The molecule has 0 fully saturated rings. The van der Waals surface area contributed by atoms with Crippen LogP contribution in [0.1, 0.15) is 23.0 Å². The van der Waals surface area contributed by atoms with E-state index in [-0.39, 0.29) is 17.8 Å². The molecule has 1 amide bonds. The Labute approximate surface area is 128 Å². The predicted molar refractivity (Wildman–Crippen MR) is 80.3 cm³/mol. The van der Waals surface area contributed by atoms with Gasteiger partial charge in [-0.3, -0.25) is 4.79 Å². The van der Waals surface area contributed by atoms with Crippen LogP contribution in [-0.4, -0.2) is 37.4 Å². The van der Waals surface area contributed by atoms with Crippen LogP contribution in [-0.2, 0) is 11.2 Å². The number of fused-ring (bicyclic) bond motifs is 1. The number of ether oxygens (including phenoxy) is 2. The molecule has 0 bridgehead atoms. The van der Waals surface area contributed by atoms with Gasteiger partial charge in [0, 0.05) is 19.2 Å². The number of methoxy groups -OCH3 is 1. The third-order valence-corrected chi connectivity index (χ3v) is 3.69. The average Bonchev–Trinajstić information content (AvgIpc) is 3.02. The van der Waals surface area contributed by atoms with Gasteiger partial charge in [-0.25, -0.2) is 0 Å². The first-order valence-corrected chi connectivity index (χ1v) is 7.25. The summed E-state index contributed by atoms with van der Waals surface area (Å²) in [7, 11) is 1.66. The molecule has 2 aromatic rings. The van der Waals surface area contributed by atoms with E-state index in [9.17, 15) is 4.79 Å². The van der Waals surface area contributed by atoms with Crippen LogP contribution in [0.15, 0.2) is 34.9 Å². The van der Waals surface area contributed by atoms with Crippen molar-refractivity contribution >= 4 is 11.6 Å². The molecular weight excluding hydrogens is 284 g/mol. The number of carbonyl (C=O) groups is 1. The van der Waals surface area contributed by atoms with Gasteiger partial charge in [0.15, 0.2) is 0 Å². The second-order valence-electron chi connectivity index (χ2n) is 5.07. The number of hydrogen-bond donors (Lipinski definition) is 0. The lowest BCUT2D eigenvalue weighted by atomic mass is 9.99. The first-order valence-electron chi connectivity index (χ1n) is 7.25. The second kappa shape index (κ2) is 6.19. The van der Waals surface area contributed by atoms with E-state index in [1.54, 1.807) is 12.0 Å². The van der Waals surface area contributed by atoms with E-state index < -0.39 is 0 Å². The molecule has 1 aromatic carbocycles. The summed E-state index contributed by atoms with van der Waals surface area (Å²) in [6, 6.07) is 9.33. The van der Waals surface area contributed by atoms with E-state index in [1.807, 2.05) is 31.2 Å². The molecule has 2 heterocycles. The number of rotatable bonds is 4. The molecule has 6 nitrogen and oxygen atoms in total. The summed E-state index contributed by atoms with van der Waals surface area (Å²) >= 11 is 0. The SMILES string of the molecule is CCOc1cc(C(=O)N2C[C@@H](OC)Cc3ccccc32)on1. The maximum Gasteiger partial charge on any atom is 0.297 e. The zero-order valence-electron chi connectivity index (χ0n) is 12.6. The molecule has 0 radical (unpaired) electrons. The third kappa shape index (κ3) is 2.69. The average molecular weight is 302 g/mol. The summed E-state index contributed by atoms with van der Waals surface area (Å²) in [6.45, 7) is 2.80. The standard InChI is InChI=1S/C16H18N2O4/c1-3-21-15-9-14(22-17-15)16(19)18-10-12(20-2)8-11-6-4-5-7-13(11)18/h4-7,9,12H,3,8,10H2,1-2H3/t12-/m0/s1. The number of nitrogens with zero attached hydrogens (tertiary/aromatic N) is 2. The Morgan fingerprint density at radius 1 is 1.45 bits per heavy atom. The number of hydrogen-bond acceptors (Lipinski definition) is 5. The lowest BCUT2D eigenvalue weighted by Gasteiger charge is -2.33. The Hall–Kier alpha value is -2.34. The predicted octanol–water partition coefficient (Wildman–Crippen LogP) is 2.29. The third-order valence-electron chi connectivity index (χ3n) is 3.69. The molecule has 0 N–H and O–H groups in total. The van der Waals surface area contributed by atoms with Crippen molar-refractivity contribution in [1.82, 2.24) is 5.16 Å². The molecule has 0 unspecified atom stereocenters. The van der Waals surface area contributed by atoms with Gasteiger partial charge in [0.1, 0.15) is 0 Å². The second-order valence-corrected chi connectivity index (χ2v) is 5.07. The van der Waals surface area contributed by atoms with E-state index in [0.29, 0.717) is 19.0 Å². The number of amides is 1. The number of aromatic nitrogens is 1. The maximum absolute atomic E-state index is 12.7. The van der Waals surface area contributed by atoms with Crippen LogP contribution in [0.4, 0.5) is 5.69 Å². The molecule has 0 saturated carbocycles. The van der Waals surface area contributed by atoms with Crippen LogP contribution < -0.4 is 9.64 Å². The summed E-state index contributed by atoms with van der Waals surface area (Å²) in [6.07, 6.45) is 0.755. The molecule has 1 aromatic heterocycles. The van der Waals surface area contributed by atoms with E-state index >= 15 is 0 Å². The number of benzene rings is 1. The van der Waals surface area contributed by atoms with Crippen molar-refractivity contribution in [3.05, 3.63) is 41.7 Å². The van der Waals surface area contributed by atoms with Crippen molar-refractivity contribution in [2.45, 2.75) is 19.4 Å². The summed E-state index contributed by atoms with van der Waals surface area (Å²) in [5, 5.41) is 3.74. The summed E-state index contributed by atoms with van der Waals surface area (Å²) in [5.41, 5.74) is 1.97. The van der Waals surface area contributed by atoms with Crippen LogP contribution in [0, 0.1) is 0 Å². The van der Waals surface area contributed by atoms with Crippen LogP contribution in [0.5, 0.6) is 5.88 Å². The van der Waals surface area contributed by atoms with Gasteiger partial charge in [-0.1, -0.05) is 18.2 Å². The van der Waals surface area contributed by atoms with Crippen LogP contribution >= 0.6 is 0 Å². The van der Waals surface area contributed by atoms with E-state index in [2.05, 4.69) is 5.16 Å². The van der Waals surface area contributed by atoms with Gasteiger partial charge in [-0.15, -0.1) is 0 Å². The molecule has 1 aliphatic rings. The van der Waals surface area contributed by atoms with Crippen molar-refractivity contribution in [2.75, 3.05) is 25.2 Å². The zero-order valence-corrected chi connectivity index (χ0v) is 12.6. The minimum Gasteiger partial charge on any atom is -0.476 e. The minimum atomic E-state index is -0.243. The van der Waals surface area contributed by atoms with E-state index in [1.165, 1.54) is 6.07 Å². The molecular formula is C16H18N2O4. The van der Waals surface area contributed by atoms with Crippen molar-refractivity contribution in [1.29, 1.82) is 0 Å². The van der Waals surface area contributed by atoms with Crippen molar-refractivity contribution < 1.29 is 18.8 Å². The molecule has 0 aliphatic carbocycles. The molecule has 3 rings (SSSR count). The molecule has 0 spiro atoms. The Bertz CT molecular complexity index is 668. The van der Waals surface area contributed by atoms with Gasteiger partial charge in [0.2, 0.25) is 5.76 Å². The van der Waals surface area contributed by atoms with Gasteiger partial charge in [-0.2, -0.15) is 0 Å². The molecule has 116 valence electrons. The number of anilines is 1. The molecule has 22 heavy (non-hydrogen) atoms. The monoisotopic (exact) mass is 302 g/mol. The first-order chi connectivity index (χ1) is 10.7. The number of para-hydroxylation sites is 1. The fourth-order valence-corrected chi connectivity index (χ4v) is 2.62. The summed E-state index contributed by atoms with van der Waals surface area (Å²) in [4.78, 5) is 14.4. The lowest BCUT2D eigenvalue weighted by molar-refractivity contribution is 0.0844. The Morgan fingerprint density at radius 3 is 3.05 bits per heavy atom. The quantitative estimate of drug-likeness (QED) is 0.867. The summed E-state index contributed by atoms with van der Waals surface area (Å²) in [5.74, 6) is 0.238. The fourth-order valence-electron chi connectivity index (χ4n) is 2.62. The highest BCUT2D eigenvalue weighted by Crippen LogP contribution is 2.29. The minimum absolute atomic E-state index is 0.0341. The zero-order chi connectivity index (χ0) is 15.5. The Kier molecular flexibility index (Phi) is 4.11. The Balaban J connectivity index is 1.90. The van der Waals surface area contributed by atoms with Gasteiger partial charge >= 0.3 is 0 Å². The normalized spacial score (nSPS) is 17.2. The van der Waals surface area contributed by atoms with Crippen molar-refractivity contribution in [3.63, 3.8) is 0 Å². The molecule has 1 atom stereocenters. The van der Waals surface area contributed by atoms with Gasteiger partial charge < -0.3 is 18.9 Å². The fraction of sp³-hybridized carbons (Fsp3) is 0.375. The highest BCUT2D eigenvalue weighted by atomic mass is 16.5. The van der Waals surface area contributed by atoms with Gasteiger partial charge in [0.05, 0.1) is 25.3 Å². The van der Waals surface area contributed by atoms with Crippen LogP contribution in [0.25, 0.3) is 0 Å². The van der Waals surface area contributed by atoms with Gasteiger partial charge in [0.25, 0.3) is 11.8 Å². The smallest absolute Gasteiger partial charge is 0.297 e. The first kappa shape index (κ1) is 14.6. The maximum atomic E-state index is 12.7. The molecule has 0 saturated heterocycles.